The molecule has 0 amide bonds. The van der Waals surface area contributed by atoms with E-state index in [1.807, 2.05) is 32.9 Å². The van der Waals surface area contributed by atoms with E-state index in [1.165, 1.54) is 0 Å². The minimum atomic E-state index is -0.0229. The zero-order valence-electron chi connectivity index (χ0n) is 13.2. The average molecular weight is 299 g/mol. The molecule has 1 aliphatic rings. The third-order valence-electron chi connectivity index (χ3n) is 4.22. The van der Waals surface area contributed by atoms with Crippen LogP contribution in [-0.4, -0.2) is 26.5 Å². The number of aryl methyl sites for hydroxylation is 3. The molecule has 3 rings (SSSR count). The van der Waals surface area contributed by atoms with Gasteiger partial charge in [0.15, 0.2) is 0 Å². The van der Waals surface area contributed by atoms with Gasteiger partial charge in [-0.3, -0.25) is 9.69 Å². The molecular weight excluding hydrogens is 278 g/mol. The van der Waals surface area contributed by atoms with Gasteiger partial charge in [0.25, 0.3) is 5.56 Å². The van der Waals surface area contributed by atoms with Crippen LogP contribution in [-0.2, 0) is 19.5 Å². The SMILES string of the molecule is Cc1nc2c(c(=O)[nH]1)CN(Cc1cc(C)c(O)c(C)c1)CC2. The normalized spacial score (nSPS) is 14.9. The molecular formula is C17H21N3O2. The second-order valence-electron chi connectivity index (χ2n) is 6.12. The predicted octanol–water partition coefficient (Wildman–Crippen LogP) is 1.96. The second-order valence-corrected chi connectivity index (χ2v) is 6.12. The maximum atomic E-state index is 12.1. The van der Waals surface area contributed by atoms with Crippen molar-refractivity contribution >= 4 is 0 Å². The molecule has 0 saturated heterocycles. The monoisotopic (exact) mass is 299 g/mol. The van der Waals surface area contributed by atoms with Crippen LogP contribution in [0, 0.1) is 20.8 Å². The molecule has 0 radical (unpaired) electrons. The van der Waals surface area contributed by atoms with Gasteiger partial charge in [-0.05, 0) is 37.5 Å². The van der Waals surface area contributed by atoms with Crippen LogP contribution in [0.3, 0.4) is 0 Å². The number of aromatic amines is 1. The van der Waals surface area contributed by atoms with Crippen LogP contribution in [0.1, 0.15) is 33.8 Å². The molecule has 0 atom stereocenters. The number of H-pyrrole nitrogens is 1. The van der Waals surface area contributed by atoms with Crippen molar-refractivity contribution < 1.29 is 5.11 Å². The van der Waals surface area contributed by atoms with Crippen molar-refractivity contribution in [2.45, 2.75) is 40.3 Å². The lowest BCUT2D eigenvalue weighted by Crippen LogP contribution is -2.35. The number of fused-ring (bicyclic) bond motifs is 1. The lowest BCUT2D eigenvalue weighted by molar-refractivity contribution is 0.241. The minimum Gasteiger partial charge on any atom is -0.507 e. The van der Waals surface area contributed by atoms with Crippen molar-refractivity contribution in [3.63, 3.8) is 0 Å². The van der Waals surface area contributed by atoms with Crippen molar-refractivity contribution in [2.75, 3.05) is 6.54 Å². The fourth-order valence-corrected chi connectivity index (χ4v) is 3.14. The smallest absolute Gasteiger partial charge is 0.255 e. The summed E-state index contributed by atoms with van der Waals surface area (Å²) in [7, 11) is 0. The van der Waals surface area contributed by atoms with Crippen LogP contribution in [0.4, 0.5) is 0 Å². The van der Waals surface area contributed by atoms with Crippen LogP contribution < -0.4 is 5.56 Å². The van der Waals surface area contributed by atoms with E-state index in [0.717, 1.165) is 47.5 Å². The Morgan fingerprint density at radius 1 is 1.27 bits per heavy atom. The van der Waals surface area contributed by atoms with Crippen LogP contribution in [0.25, 0.3) is 0 Å². The first-order valence-electron chi connectivity index (χ1n) is 7.54. The third-order valence-corrected chi connectivity index (χ3v) is 4.22. The Bertz CT molecular complexity index is 757. The highest BCUT2D eigenvalue weighted by Crippen LogP contribution is 2.24. The van der Waals surface area contributed by atoms with Crippen LogP contribution in [0.2, 0.25) is 0 Å². The van der Waals surface area contributed by atoms with Crippen molar-refractivity contribution in [1.29, 1.82) is 0 Å². The molecule has 22 heavy (non-hydrogen) atoms. The van der Waals surface area contributed by atoms with E-state index in [1.54, 1.807) is 0 Å². The number of benzene rings is 1. The van der Waals surface area contributed by atoms with Gasteiger partial charge in [0.05, 0.1) is 11.3 Å². The number of hydrogen-bond donors (Lipinski definition) is 2. The van der Waals surface area contributed by atoms with Gasteiger partial charge in [-0.15, -0.1) is 0 Å². The average Bonchev–Trinajstić information content (AvgIpc) is 2.45. The number of rotatable bonds is 2. The first-order chi connectivity index (χ1) is 10.4. The molecule has 0 aliphatic carbocycles. The van der Waals surface area contributed by atoms with Crippen molar-refractivity contribution in [3.05, 3.63) is 56.3 Å². The number of nitrogens with zero attached hydrogens (tertiary/aromatic N) is 2. The highest BCUT2D eigenvalue weighted by Gasteiger charge is 2.21. The highest BCUT2D eigenvalue weighted by molar-refractivity contribution is 5.42. The predicted molar refractivity (Wildman–Crippen MR) is 85.0 cm³/mol. The molecule has 0 bridgehead atoms. The van der Waals surface area contributed by atoms with Crippen LogP contribution >= 0.6 is 0 Å². The third kappa shape index (κ3) is 2.76. The lowest BCUT2D eigenvalue weighted by Gasteiger charge is -2.28. The summed E-state index contributed by atoms with van der Waals surface area (Å²) < 4.78 is 0. The molecule has 1 aromatic heterocycles. The molecule has 0 saturated carbocycles. The summed E-state index contributed by atoms with van der Waals surface area (Å²) >= 11 is 0. The molecule has 1 aromatic carbocycles. The Balaban J connectivity index is 1.82. The molecule has 0 spiro atoms. The number of aromatic hydroxyl groups is 1. The van der Waals surface area contributed by atoms with E-state index < -0.39 is 0 Å². The molecule has 1 aliphatic heterocycles. The molecule has 0 fully saturated rings. The maximum absolute atomic E-state index is 12.1. The first kappa shape index (κ1) is 14.8. The fourth-order valence-electron chi connectivity index (χ4n) is 3.14. The van der Waals surface area contributed by atoms with Gasteiger partial charge in [-0.2, -0.15) is 0 Å². The van der Waals surface area contributed by atoms with E-state index in [4.69, 9.17) is 0 Å². The van der Waals surface area contributed by atoms with Gasteiger partial charge in [0.2, 0.25) is 0 Å². The summed E-state index contributed by atoms with van der Waals surface area (Å²) in [5.74, 6) is 1.05. The summed E-state index contributed by atoms with van der Waals surface area (Å²) in [6, 6.07) is 4.02. The second kappa shape index (κ2) is 5.57. The summed E-state index contributed by atoms with van der Waals surface area (Å²) in [5.41, 5.74) is 4.63. The zero-order valence-corrected chi connectivity index (χ0v) is 13.2. The van der Waals surface area contributed by atoms with Gasteiger partial charge in [-0.25, -0.2) is 4.98 Å². The Hall–Kier alpha value is -2.14. The number of aromatic nitrogens is 2. The Kier molecular flexibility index (Phi) is 3.74. The Labute approximate surface area is 129 Å². The summed E-state index contributed by atoms with van der Waals surface area (Å²) in [4.78, 5) is 21.6. The van der Waals surface area contributed by atoms with Crippen molar-refractivity contribution in [1.82, 2.24) is 14.9 Å². The molecule has 0 unspecified atom stereocenters. The van der Waals surface area contributed by atoms with Gasteiger partial charge < -0.3 is 10.1 Å². The first-order valence-corrected chi connectivity index (χ1v) is 7.54. The van der Waals surface area contributed by atoms with Crippen molar-refractivity contribution in [2.24, 2.45) is 0 Å². The molecule has 116 valence electrons. The maximum Gasteiger partial charge on any atom is 0.255 e. The van der Waals surface area contributed by atoms with Gasteiger partial charge >= 0.3 is 0 Å². The summed E-state index contributed by atoms with van der Waals surface area (Å²) in [6.07, 6.45) is 0.802. The molecule has 5 heteroatoms. The summed E-state index contributed by atoms with van der Waals surface area (Å²) in [6.45, 7) is 7.92. The van der Waals surface area contributed by atoms with E-state index >= 15 is 0 Å². The number of phenolic OH excluding ortho intramolecular Hbond substituents is 1. The summed E-state index contributed by atoms with van der Waals surface area (Å²) in [5, 5.41) is 9.86. The standard InChI is InChI=1S/C17H21N3O2/c1-10-6-13(7-11(2)16(10)21)8-20-5-4-15-14(9-20)17(22)19-12(3)18-15/h6-7,21H,4-5,8-9H2,1-3H3,(H,18,19,22). The minimum absolute atomic E-state index is 0.0229. The molecule has 5 nitrogen and oxygen atoms in total. The Morgan fingerprint density at radius 3 is 2.64 bits per heavy atom. The largest absolute Gasteiger partial charge is 0.507 e. The van der Waals surface area contributed by atoms with E-state index in [2.05, 4.69) is 14.9 Å². The lowest BCUT2D eigenvalue weighted by atomic mass is 10.0. The topological polar surface area (TPSA) is 69.2 Å². The number of phenols is 1. The number of hydrogen-bond acceptors (Lipinski definition) is 4. The van der Waals surface area contributed by atoms with Gasteiger partial charge in [0, 0.05) is 26.1 Å². The van der Waals surface area contributed by atoms with Crippen LogP contribution in [0.5, 0.6) is 5.75 Å². The fraction of sp³-hybridized carbons (Fsp3) is 0.412. The Morgan fingerprint density at radius 2 is 1.95 bits per heavy atom. The van der Waals surface area contributed by atoms with Crippen LogP contribution in [0.15, 0.2) is 16.9 Å². The molecule has 2 heterocycles. The zero-order chi connectivity index (χ0) is 15.9. The molecule has 2 N–H and O–H groups in total. The van der Waals surface area contributed by atoms with E-state index in [9.17, 15) is 9.90 Å². The quantitative estimate of drug-likeness (QED) is 0.889. The molecule has 2 aromatic rings. The van der Waals surface area contributed by atoms with E-state index in [-0.39, 0.29) is 5.56 Å². The number of nitrogens with one attached hydrogen (secondary N) is 1. The van der Waals surface area contributed by atoms with Crippen molar-refractivity contribution in [3.8, 4) is 5.75 Å². The highest BCUT2D eigenvalue weighted by atomic mass is 16.3. The van der Waals surface area contributed by atoms with Gasteiger partial charge in [-0.1, -0.05) is 12.1 Å². The van der Waals surface area contributed by atoms with Gasteiger partial charge in [0.1, 0.15) is 11.6 Å². The van der Waals surface area contributed by atoms with E-state index in [0.29, 0.717) is 18.1 Å².